The number of hydrogen-bond donors (Lipinski definition) is 1. The van der Waals surface area contributed by atoms with Gasteiger partial charge in [0.15, 0.2) is 0 Å². The fraction of sp³-hybridized carbons (Fsp3) is 0.692. The Morgan fingerprint density at radius 1 is 1.40 bits per heavy atom. The van der Waals surface area contributed by atoms with Gasteiger partial charge in [0.2, 0.25) is 0 Å². The van der Waals surface area contributed by atoms with E-state index in [4.69, 9.17) is 4.42 Å². The average molecular weight is 208 g/mol. The van der Waals surface area contributed by atoms with Crippen LogP contribution < -0.4 is 0 Å². The van der Waals surface area contributed by atoms with Crippen LogP contribution in [0.1, 0.15) is 50.2 Å². The monoisotopic (exact) mass is 208 g/mol. The highest BCUT2D eigenvalue weighted by molar-refractivity contribution is 5.09. The van der Waals surface area contributed by atoms with Crippen LogP contribution in [0.5, 0.6) is 0 Å². The van der Waals surface area contributed by atoms with Crippen LogP contribution in [0.25, 0.3) is 0 Å². The molecule has 2 heteroatoms. The van der Waals surface area contributed by atoms with E-state index < -0.39 is 6.10 Å². The lowest BCUT2D eigenvalue weighted by Gasteiger charge is -2.29. The van der Waals surface area contributed by atoms with Gasteiger partial charge in [-0.25, -0.2) is 0 Å². The second-order valence-electron chi connectivity index (χ2n) is 4.93. The minimum atomic E-state index is -0.401. The third-order valence-electron chi connectivity index (χ3n) is 3.48. The Morgan fingerprint density at radius 2 is 2.20 bits per heavy atom. The molecule has 0 spiro atoms. The van der Waals surface area contributed by atoms with Gasteiger partial charge in [-0.3, -0.25) is 0 Å². The van der Waals surface area contributed by atoms with Crippen molar-refractivity contribution in [3.05, 3.63) is 23.7 Å². The Hall–Kier alpha value is -0.760. The Kier molecular flexibility index (Phi) is 3.15. The van der Waals surface area contributed by atoms with Crippen LogP contribution in [0.3, 0.4) is 0 Å². The van der Waals surface area contributed by atoms with E-state index in [1.54, 1.807) is 0 Å². The Balaban J connectivity index is 2.03. The first-order valence-electron chi connectivity index (χ1n) is 5.91. The molecule has 3 unspecified atom stereocenters. The highest BCUT2D eigenvalue weighted by Crippen LogP contribution is 2.37. The van der Waals surface area contributed by atoms with Crippen LogP contribution in [0.4, 0.5) is 0 Å². The van der Waals surface area contributed by atoms with Gasteiger partial charge in [-0.2, -0.15) is 0 Å². The van der Waals surface area contributed by atoms with Gasteiger partial charge in [0.05, 0.1) is 0 Å². The molecule has 0 bridgehead atoms. The molecule has 1 aromatic heterocycles. The summed E-state index contributed by atoms with van der Waals surface area (Å²) in [5.41, 5.74) is 0. The van der Waals surface area contributed by atoms with Crippen molar-refractivity contribution in [3.8, 4) is 0 Å². The van der Waals surface area contributed by atoms with Crippen molar-refractivity contribution in [1.29, 1.82) is 0 Å². The smallest absolute Gasteiger partial charge is 0.132 e. The lowest BCUT2D eigenvalue weighted by molar-refractivity contribution is 0.0531. The lowest BCUT2D eigenvalue weighted by atomic mass is 9.79. The van der Waals surface area contributed by atoms with Crippen LogP contribution in [0.15, 0.2) is 16.5 Å². The van der Waals surface area contributed by atoms with Crippen molar-refractivity contribution < 1.29 is 9.52 Å². The summed E-state index contributed by atoms with van der Waals surface area (Å²) < 4.78 is 5.48. The van der Waals surface area contributed by atoms with E-state index in [2.05, 4.69) is 6.92 Å². The van der Waals surface area contributed by atoms with Gasteiger partial charge in [-0.15, -0.1) is 0 Å². The Labute approximate surface area is 91.3 Å². The summed E-state index contributed by atoms with van der Waals surface area (Å²) in [6.07, 6.45) is 4.40. The lowest BCUT2D eigenvalue weighted by Crippen LogP contribution is -2.19. The standard InChI is InChI=1S/C13H20O2/c1-9-4-3-5-11(8-9)13(14)12-7-6-10(2)15-12/h6-7,9,11,13-14H,3-5,8H2,1-2H3. The highest BCUT2D eigenvalue weighted by Gasteiger charge is 2.27. The first-order chi connectivity index (χ1) is 7.16. The number of rotatable bonds is 2. The molecule has 1 heterocycles. The number of aliphatic hydroxyl groups excluding tert-OH is 1. The first-order valence-corrected chi connectivity index (χ1v) is 5.91. The molecule has 0 aromatic carbocycles. The molecule has 1 saturated carbocycles. The molecule has 1 N–H and O–H groups in total. The summed E-state index contributed by atoms with van der Waals surface area (Å²) in [6, 6.07) is 3.82. The zero-order chi connectivity index (χ0) is 10.8. The second kappa shape index (κ2) is 4.40. The zero-order valence-electron chi connectivity index (χ0n) is 9.57. The number of furan rings is 1. The molecule has 3 atom stereocenters. The summed E-state index contributed by atoms with van der Waals surface area (Å²) in [4.78, 5) is 0. The van der Waals surface area contributed by atoms with Crippen molar-refractivity contribution in [3.63, 3.8) is 0 Å². The molecule has 2 rings (SSSR count). The Morgan fingerprint density at radius 3 is 2.80 bits per heavy atom. The second-order valence-corrected chi connectivity index (χ2v) is 4.93. The summed E-state index contributed by atoms with van der Waals surface area (Å²) in [5.74, 6) is 2.76. The molecule has 1 aliphatic rings. The van der Waals surface area contributed by atoms with E-state index in [1.807, 2.05) is 19.1 Å². The predicted octanol–water partition coefficient (Wildman–Crippen LogP) is 3.45. The van der Waals surface area contributed by atoms with Gasteiger partial charge >= 0.3 is 0 Å². The summed E-state index contributed by atoms with van der Waals surface area (Å²) in [7, 11) is 0. The maximum atomic E-state index is 10.2. The molecular formula is C13H20O2. The molecule has 0 aliphatic heterocycles. The van der Waals surface area contributed by atoms with E-state index in [0.717, 1.165) is 30.3 Å². The van der Waals surface area contributed by atoms with Crippen LogP contribution in [-0.2, 0) is 0 Å². The normalized spacial score (nSPS) is 29.0. The third kappa shape index (κ3) is 2.43. The molecule has 84 valence electrons. The largest absolute Gasteiger partial charge is 0.464 e. The fourth-order valence-corrected chi connectivity index (χ4v) is 2.61. The summed E-state index contributed by atoms with van der Waals surface area (Å²) in [6.45, 7) is 4.19. The van der Waals surface area contributed by atoms with Gasteiger partial charge < -0.3 is 9.52 Å². The van der Waals surface area contributed by atoms with Crippen molar-refractivity contribution in [1.82, 2.24) is 0 Å². The Bertz CT molecular complexity index is 316. The van der Waals surface area contributed by atoms with E-state index in [0.29, 0.717) is 5.92 Å². The van der Waals surface area contributed by atoms with Crippen molar-refractivity contribution in [2.45, 2.75) is 45.6 Å². The van der Waals surface area contributed by atoms with Crippen LogP contribution in [-0.4, -0.2) is 5.11 Å². The highest BCUT2D eigenvalue weighted by atomic mass is 16.4. The van der Waals surface area contributed by atoms with Crippen LogP contribution in [0, 0.1) is 18.8 Å². The summed E-state index contributed by atoms with van der Waals surface area (Å²) in [5, 5.41) is 10.2. The fourth-order valence-electron chi connectivity index (χ4n) is 2.61. The van der Waals surface area contributed by atoms with Crippen molar-refractivity contribution in [2.75, 3.05) is 0 Å². The van der Waals surface area contributed by atoms with Crippen LogP contribution in [0.2, 0.25) is 0 Å². The van der Waals surface area contributed by atoms with Gasteiger partial charge in [-0.1, -0.05) is 19.8 Å². The number of aryl methyl sites for hydroxylation is 1. The van der Waals surface area contributed by atoms with E-state index in [1.165, 1.54) is 12.8 Å². The number of hydrogen-bond acceptors (Lipinski definition) is 2. The first kappa shape index (κ1) is 10.7. The molecule has 1 aliphatic carbocycles. The predicted molar refractivity (Wildman–Crippen MR) is 59.5 cm³/mol. The third-order valence-corrected chi connectivity index (χ3v) is 3.48. The van der Waals surface area contributed by atoms with E-state index >= 15 is 0 Å². The van der Waals surface area contributed by atoms with Crippen molar-refractivity contribution >= 4 is 0 Å². The van der Waals surface area contributed by atoms with Gasteiger partial charge in [0.25, 0.3) is 0 Å². The van der Waals surface area contributed by atoms with E-state index in [9.17, 15) is 5.11 Å². The summed E-state index contributed by atoms with van der Waals surface area (Å²) >= 11 is 0. The molecule has 1 fully saturated rings. The quantitative estimate of drug-likeness (QED) is 0.807. The molecule has 0 radical (unpaired) electrons. The average Bonchev–Trinajstić information content (AvgIpc) is 2.64. The van der Waals surface area contributed by atoms with Gasteiger partial charge in [0.1, 0.15) is 17.6 Å². The van der Waals surface area contributed by atoms with Crippen molar-refractivity contribution in [2.24, 2.45) is 11.8 Å². The molecule has 2 nitrogen and oxygen atoms in total. The van der Waals surface area contributed by atoms with Crippen LogP contribution >= 0.6 is 0 Å². The zero-order valence-corrected chi connectivity index (χ0v) is 9.57. The minimum absolute atomic E-state index is 0.388. The molecule has 0 amide bonds. The van der Waals surface area contributed by atoms with E-state index in [-0.39, 0.29) is 0 Å². The van der Waals surface area contributed by atoms with Gasteiger partial charge in [0, 0.05) is 0 Å². The maximum absolute atomic E-state index is 10.2. The molecule has 1 aromatic rings. The SMILES string of the molecule is Cc1ccc(C(O)C2CCCC(C)C2)o1. The number of aliphatic hydroxyl groups is 1. The maximum Gasteiger partial charge on any atom is 0.132 e. The molecular weight excluding hydrogens is 188 g/mol. The minimum Gasteiger partial charge on any atom is -0.464 e. The topological polar surface area (TPSA) is 33.4 Å². The van der Waals surface area contributed by atoms with Gasteiger partial charge in [-0.05, 0) is 43.7 Å². The molecule has 15 heavy (non-hydrogen) atoms. The molecule has 0 saturated heterocycles.